The molecule has 0 unspecified atom stereocenters. The third-order valence-corrected chi connectivity index (χ3v) is 4.35. The van der Waals surface area contributed by atoms with Crippen LogP contribution in [0.2, 0.25) is 0 Å². The maximum absolute atomic E-state index is 12.1. The van der Waals surface area contributed by atoms with Gasteiger partial charge in [0.25, 0.3) is 0 Å². The van der Waals surface area contributed by atoms with Crippen LogP contribution in [-0.2, 0) is 24.7 Å². The summed E-state index contributed by atoms with van der Waals surface area (Å²) in [6, 6.07) is 3.53. The molecule has 6 heteroatoms. The molecule has 6 nitrogen and oxygen atoms in total. The number of allylic oxidation sites excluding steroid dienone is 1. The number of esters is 2. The lowest BCUT2D eigenvalue weighted by molar-refractivity contribution is -0.141. The molecule has 0 aromatic heterocycles. The molecule has 1 fully saturated rings. The molecule has 0 saturated carbocycles. The van der Waals surface area contributed by atoms with Crippen molar-refractivity contribution in [2.75, 3.05) is 20.3 Å². The summed E-state index contributed by atoms with van der Waals surface area (Å²) in [5, 5.41) is 0. The smallest absolute Gasteiger partial charge is 0.333 e. The van der Waals surface area contributed by atoms with Crippen molar-refractivity contribution >= 4 is 11.9 Å². The number of methoxy groups -OCH3 is 1. The van der Waals surface area contributed by atoms with E-state index in [0.29, 0.717) is 29.2 Å². The second-order valence-electron chi connectivity index (χ2n) is 6.72. The predicted octanol–water partition coefficient (Wildman–Crippen LogP) is 3.30. The van der Waals surface area contributed by atoms with Crippen LogP contribution in [0.1, 0.15) is 38.8 Å². The van der Waals surface area contributed by atoms with Gasteiger partial charge in [-0.2, -0.15) is 0 Å². The van der Waals surface area contributed by atoms with Gasteiger partial charge in [0, 0.05) is 11.1 Å². The zero-order valence-corrected chi connectivity index (χ0v) is 16.2. The van der Waals surface area contributed by atoms with E-state index < -0.39 is 11.6 Å². The molecule has 26 heavy (non-hydrogen) atoms. The third-order valence-electron chi connectivity index (χ3n) is 4.35. The summed E-state index contributed by atoms with van der Waals surface area (Å²) in [4.78, 5) is 24.0. The Bertz CT molecular complexity index is 728. The summed E-state index contributed by atoms with van der Waals surface area (Å²) < 4.78 is 21.9. The van der Waals surface area contributed by atoms with Crippen LogP contribution < -0.4 is 9.47 Å². The van der Waals surface area contributed by atoms with E-state index in [1.54, 1.807) is 53.0 Å². The normalized spacial score (nSPS) is 19.3. The first-order chi connectivity index (χ1) is 12.2. The number of rotatable bonds is 7. The molecule has 1 atom stereocenters. The van der Waals surface area contributed by atoms with Gasteiger partial charge >= 0.3 is 11.9 Å². The topological polar surface area (TPSA) is 74.4 Å². The number of ether oxygens (including phenoxy) is 4. The lowest BCUT2D eigenvalue weighted by Gasteiger charge is -2.19. The quantitative estimate of drug-likeness (QED) is 0.321. The molecule has 1 heterocycles. The fraction of sp³-hybridized carbons (Fsp3) is 0.500. The van der Waals surface area contributed by atoms with Crippen molar-refractivity contribution in [1.29, 1.82) is 0 Å². The summed E-state index contributed by atoms with van der Waals surface area (Å²) in [6.07, 6.45) is 1.69. The predicted molar refractivity (Wildman–Crippen MR) is 96.2 cm³/mol. The van der Waals surface area contributed by atoms with E-state index in [4.69, 9.17) is 18.9 Å². The average Bonchev–Trinajstić information content (AvgIpc) is 3.39. The fourth-order valence-corrected chi connectivity index (χ4v) is 2.37. The van der Waals surface area contributed by atoms with E-state index in [1.807, 2.05) is 6.92 Å². The monoisotopic (exact) mass is 362 g/mol. The lowest BCUT2D eigenvalue weighted by Crippen LogP contribution is -2.23. The fourth-order valence-electron chi connectivity index (χ4n) is 2.37. The molecule has 142 valence electrons. The number of benzene rings is 1. The van der Waals surface area contributed by atoms with Crippen molar-refractivity contribution in [3.05, 3.63) is 34.9 Å². The molecule has 0 N–H and O–H groups in total. The van der Waals surface area contributed by atoms with Crippen LogP contribution in [0.25, 0.3) is 0 Å². The lowest BCUT2D eigenvalue weighted by atomic mass is 9.97. The zero-order valence-electron chi connectivity index (χ0n) is 16.2. The largest absolute Gasteiger partial charge is 0.496 e. The van der Waals surface area contributed by atoms with Crippen molar-refractivity contribution in [3.63, 3.8) is 0 Å². The van der Waals surface area contributed by atoms with E-state index in [-0.39, 0.29) is 18.5 Å². The SMILES string of the molecule is C/C=C(\C)C(=O)OC[C@]1(c2cc(OC)c(C)cc2OC(=O)C(C)C)CO1. The summed E-state index contributed by atoms with van der Waals surface area (Å²) in [6.45, 7) is 9.27. The van der Waals surface area contributed by atoms with E-state index in [9.17, 15) is 9.59 Å². The second-order valence-corrected chi connectivity index (χ2v) is 6.72. The molecule has 0 aliphatic carbocycles. The highest BCUT2D eigenvalue weighted by Crippen LogP contribution is 2.46. The van der Waals surface area contributed by atoms with Crippen LogP contribution in [0.4, 0.5) is 0 Å². The first-order valence-corrected chi connectivity index (χ1v) is 8.59. The summed E-state index contributed by atoms with van der Waals surface area (Å²) >= 11 is 0. The van der Waals surface area contributed by atoms with Crippen LogP contribution in [0.15, 0.2) is 23.8 Å². The molecule has 0 amide bonds. The van der Waals surface area contributed by atoms with E-state index in [0.717, 1.165) is 5.56 Å². The Labute approximate surface area is 154 Å². The number of hydrogen-bond donors (Lipinski definition) is 0. The summed E-state index contributed by atoms with van der Waals surface area (Å²) in [7, 11) is 1.57. The van der Waals surface area contributed by atoms with Gasteiger partial charge in [-0.15, -0.1) is 0 Å². The number of aryl methyl sites for hydroxylation is 1. The van der Waals surface area contributed by atoms with Gasteiger partial charge in [0.2, 0.25) is 0 Å². The van der Waals surface area contributed by atoms with Crippen molar-refractivity contribution < 1.29 is 28.5 Å². The van der Waals surface area contributed by atoms with Gasteiger partial charge < -0.3 is 18.9 Å². The van der Waals surface area contributed by atoms with Crippen LogP contribution in [-0.4, -0.2) is 32.3 Å². The second kappa shape index (κ2) is 7.91. The van der Waals surface area contributed by atoms with E-state index in [2.05, 4.69) is 0 Å². The van der Waals surface area contributed by atoms with Crippen molar-refractivity contribution in [3.8, 4) is 11.5 Å². The van der Waals surface area contributed by atoms with Crippen LogP contribution >= 0.6 is 0 Å². The van der Waals surface area contributed by atoms with Crippen LogP contribution in [0.3, 0.4) is 0 Å². The summed E-state index contributed by atoms with van der Waals surface area (Å²) in [5.41, 5.74) is 1.17. The Morgan fingerprint density at radius 3 is 2.46 bits per heavy atom. The van der Waals surface area contributed by atoms with Gasteiger partial charge in [-0.3, -0.25) is 4.79 Å². The highest BCUT2D eigenvalue weighted by Gasteiger charge is 2.50. The van der Waals surface area contributed by atoms with Gasteiger partial charge in [-0.1, -0.05) is 19.9 Å². The van der Waals surface area contributed by atoms with Gasteiger partial charge in [0.15, 0.2) is 5.60 Å². The zero-order chi connectivity index (χ0) is 19.5. The summed E-state index contributed by atoms with van der Waals surface area (Å²) in [5.74, 6) is 0.0422. The maximum Gasteiger partial charge on any atom is 0.333 e. The maximum atomic E-state index is 12.1. The minimum atomic E-state index is -0.822. The van der Waals surface area contributed by atoms with Crippen molar-refractivity contribution in [1.82, 2.24) is 0 Å². The molecule has 1 aliphatic rings. The molecule has 1 saturated heterocycles. The Kier molecular flexibility index (Phi) is 6.08. The van der Waals surface area contributed by atoms with Gasteiger partial charge in [0.1, 0.15) is 18.1 Å². The first kappa shape index (κ1) is 20.0. The average molecular weight is 362 g/mol. The van der Waals surface area contributed by atoms with E-state index >= 15 is 0 Å². The minimum Gasteiger partial charge on any atom is -0.496 e. The van der Waals surface area contributed by atoms with Crippen molar-refractivity contribution in [2.24, 2.45) is 5.92 Å². The Balaban J connectivity index is 2.33. The highest BCUT2D eigenvalue weighted by molar-refractivity contribution is 5.87. The molecule has 1 aromatic carbocycles. The number of epoxide rings is 1. The molecule has 0 spiro atoms. The minimum absolute atomic E-state index is 0.0372. The van der Waals surface area contributed by atoms with Crippen LogP contribution in [0, 0.1) is 12.8 Å². The number of carbonyl (C=O) groups is 2. The standard InChI is InChI=1S/C20H26O6/c1-7-13(4)19(22)24-10-20(11-25-20)15-9-16(23-6)14(5)8-17(15)26-18(21)12(2)3/h7-9,12H,10-11H2,1-6H3/b13-7+/t20-/m1/s1. The number of hydrogen-bond acceptors (Lipinski definition) is 6. The molecule has 2 rings (SSSR count). The molecule has 0 radical (unpaired) electrons. The number of carbonyl (C=O) groups excluding carboxylic acids is 2. The van der Waals surface area contributed by atoms with Crippen LogP contribution in [0.5, 0.6) is 11.5 Å². The highest BCUT2D eigenvalue weighted by atomic mass is 16.6. The third kappa shape index (κ3) is 4.25. The van der Waals surface area contributed by atoms with Gasteiger partial charge in [-0.25, -0.2) is 4.79 Å². The van der Waals surface area contributed by atoms with E-state index in [1.165, 1.54) is 0 Å². The first-order valence-electron chi connectivity index (χ1n) is 8.59. The molecular formula is C20H26O6. The Morgan fingerprint density at radius 1 is 1.31 bits per heavy atom. The molecular weight excluding hydrogens is 336 g/mol. The van der Waals surface area contributed by atoms with Gasteiger partial charge in [0.05, 0.1) is 19.6 Å². The molecule has 1 aliphatic heterocycles. The molecule has 0 bridgehead atoms. The Hall–Kier alpha value is -2.34. The Morgan fingerprint density at radius 2 is 1.96 bits per heavy atom. The van der Waals surface area contributed by atoms with Gasteiger partial charge in [-0.05, 0) is 38.5 Å². The van der Waals surface area contributed by atoms with Crippen molar-refractivity contribution in [2.45, 2.75) is 40.2 Å². The molecule has 1 aromatic rings.